The Morgan fingerprint density at radius 1 is 1.24 bits per heavy atom. The molecule has 0 bridgehead atoms. The minimum Gasteiger partial charge on any atom is -0.867 e. The molecule has 0 heterocycles. The molecule has 0 fully saturated rings. The summed E-state index contributed by atoms with van der Waals surface area (Å²) in [7, 11) is 0. The van der Waals surface area contributed by atoms with E-state index in [1.807, 2.05) is 32.0 Å². The second-order valence-corrected chi connectivity index (χ2v) is 5.56. The van der Waals surface area contributed by atoms with Gasteiger partial charge in [-0.1, -0.05) is 33.6 Å². The second-order valence-electron chi connectivity index (χ2n) is 4.65. The first-order valence-corrected chi connectivity index (χ1v) is 6.94. The lowest BCUT2D eigenvalue weighted by Crippen LogP contribution is -2.02. The van der Waals surface area contributed by atoms with Crippen LogP contribution in [0.2, 0.25) is 0 Å². The fraction of sp³-hybridized carbons (Fsp3) is 0.133. The smallest absolute Gasteiger partial charge is 0.263 e. The van der Waals surface area contributed by atoms with Crippen molar-refractivity contribution in [3.8, 4) is 5.75 Å². The van der Waals surface area contributed by atoms with Crippen LogP contribution >= 0.6 is 15.9 Å². The number of nitro benzene ring substituents is 1. The molecular weight excluding hydrogens is 336 g/mol. The lowest BCUT2D eigenvalue weighted by Gasteiger charge is -2.11. The third kappa shape index (κ3) is 3.46. The standard InChI is InChI=1S/C15H13BrN2O3/c1-9-3-4-13(10(2)5-9)17-8-11-6-12(16)7-14(15(11)19)18(20)21/h3-8,19H,1-2H3/p-1. The average molecular weight is 348 g/mol. The summed E-state index contributed by atoms with van der Waals surface area (Å²) >= 11 is 3.16. The monoisotopic (exact) mass is 347 g/mol. The van der Waals surface area contributed by atoms with E-state index in [9.17, 15) is 15.2 Å². The van der Waals surface area contributed by atoms with E-state index in [-0.39, 0.29) is 5.56 Å². The molecule has 0 aromatic heterocycles. The van der Waals surface area contributed by atoms with E-state index < -0.39 is 16.4 Å². The Balaban J connectivity index is 2.43. The first-order chi connectivity index (χ1) is 9.88. The van der Waals surface area contributed by atoms with Gasteiger partial charge in [-0.15, -0.1) is 0 Å². The molecule has 0 amide bonds. The van der Waals surface area contributed by atoms with Crippen LogP contribution in [-0.2, 0) is 0 Å². The van der Waals surface area contributed by atoms with Crippen molar-refractivity contribution in [1.82, 2.24) is 0 Å². The number of rotatable bonds is 3. The zero-order valence-electron chi connectivity index (χ0n) is 11.5. The maximum Gasteiger partial charge on any atom is 0.263 e. The van der Waals surface area contributed by atoms with E-state index in [1.165, 1.54) is 18.3 Å². The molecule has 2 rings (SSSR count). The molecule has 0 N–H and O–H groups in total. The number of nitrogens with zero attached hydrogens (tertiary/aromatic N) is 2. The van der Waals surface area contributed by atoms with Gasteiger partial charge in [0.25, 0.3) is 5.69 Å². The van der Waals surface area contributed by atoms with E-state index >= 15 is 0 Å². The topological polar surface area (TPSA) is 78.6 Å². The molecule has 0 aliphatic carbocycles. The molecule has 0 atom stereocenters. The second kappa shape index (κ2) is 6.05. The maximum absolute atomic E-state index is 12.0. The summed E-state index contributed by atoms with van der Waals surface area (Å²) in [5, 5.41) is 22.8. The van der Waals surface area contributed by atoms with Crippen molar-refractivity contribution in [3.05, 3.63) is 61.6 Å². The van der Waals surface area contributed by atoms with E-state index in [1.54, 1.807) is 0 Å². The summed E-state index contributed by atoms with van der Waals surface area (Å²) in [6, 6.07) is 8.45. The molecule has 0 aliphatic heterocycles. The minimum atomic E-state index is -0.693. The summed E-state index contributed by atoms with van der Waals surface area (Å²) in [5.74, 6) is -0.642. The molecule has 2 aromatic carbocycles. The lowest BCUT2D eigenvalue weighted by atomic mass is 10.1. The van der Waals surface area contributed by atoms with Crippen molar-refractivity contribution in [3.63, 3.8) is 0 Å². The Morgan fingerprint density at radius 2 is 1.95 bits per heavy atom. The number of aliphatic imine (C=N–C) groups is 1. The predicted molar refractivity (Wildman–Crippen MR) is 83.4 cm³/mol. The molecule has 0 unspecified atom stereocenters. The number of nitro groups is 1. The van der Waals surface area contributed by atoms with Crippen LogP contribution in [0.4, 0.5) is 11.4 Å². The van der Waals surface area contributed by atoms with Gasteiger partial charge in [-0.2, -0.15) is 0 Å². The molecule has 2 aromatic rings. The molecule has 6 heteroatoms. The van der Waals surface area contributed by atoms with Crippen molar-refractivity contribution in [1.29, 1.82) is 0 Å². The third-order valence-electron chi connectivity index (χ3n) is 2.95. The van der Waals surface area contributed by atoms with Gasteiger partial charge in [0.1, 0.15) is 0 Å². The highest BCUT2D eigenvalue weighted by Crippen LogP contribution is 2.30. The van der Waals surface area contributed by atoms with Gasteiger partial charge in [0.15, 0.2) is 0 Å². The van der Waals surface area contributed by atoms with Crippen LogP contribution in [0.1, 0.15) is 16.7 Å². The van der Waals surface area contributed by atoms with Gasteiger partial charge in [-0.3, -0.25) is 15.1 Å². The van der Waals surface area contributed by atoms with Crippen molar-refractivity contribution in [2.75, 3.05) is 0 Å². The summed E-state index contributed by atoms with van der Waals surface area (Å²) in [4.78, 5) is 14.4. The fourth-order valence-electron chi connectivity index (χ4n) is 1.92. The minimum absolute atomic E-state index is 0.177. The summed E-state index contributed by atoms with van der Waals surface area (Å²) in [5.41, 5.74) is 2.53. The SMILES string of the molecule is Cc1ccc(N=Cc2cc(Br)cc([N+](=O)[O-])c2[O-])c(C)c1. The van der Waals surface area contributed by atoms with Crippen LogP contribution < -0.4 is 5.11 Å². The van der Waals surface area contributed by atoms with Crippen molar-refractivity contribution >= 4 is 33.5 Å². The number of hydrogen-bond donors (Lipinski definition) is 0. The van der Waals surface area contributed by atoms with E-state index in [4.69, 9.17) is 0 Å². The first-order valence-electron chi connectivity index (χ1n) is 6.15. The van der Waals surface area contributed by atoms with Crippen LogP contribution in [0.5, 0.6) is 5.75 Å². The van der Waals surface area contributed by atoms with Crippen molar-refractivity contribution in [2.45, 2.75) is 13.8 Å². The van der Waals surface area contributed by atoms with Gasteiger partial charge < -0.3 is 5.11 Å². The predicted octanol–water partition coefficient (Wildman–Crippen LogP) is 3.80. The van der Waals surface area contributed by atoms with E-state index in [0.717, 1.165) is 16.8 Å². The van der Waals surface area contributed by atoms with Crippen LogP contribution in [0, 0.1) is 24.0 Å². The van der Waals surface area contributed by atoms with Gasteiger partial charge in [0, 0.05) is 16.8 Å². The number of aryl methyl sites for hydroxylation is 2. The molecule has 108 valence electrons. The number of halogens is 1. The van der Waals surface area contributed by atoms with Gasteiger partial charge in [-0.25, -0.2) is 0 Å². The van der Waals surface area contributed by atoms with Gasteiger partial charge in [-0.05, 0) is 42.9 Å². The lowest BCUT2D eigenvalue weighted by molar-refractivity contribution is -0.398. The van der Waals surface area contributed by atoms with Crippen LogP contribution in [0.3, 0.4) is 0 Å². The highest BCUT2D eigenvalue weighted by atomic mass is 79.9. The average Bonchev–Trinajstić information content (AvgIpc) is 2.40. The Bertz CT molecular complexity index is 742. The van der Waals surface area contributed by atoms with Crippen LogP contribution in [0.15, 0.2) is 39.8 Å². The Morgan fingerprint density at radius 3 is 2.57 bits per heavy atom. The Kier molecular flexibility index (Phi) is 4.37. The molecule has 0 spiro atoms. The first kappa shape index (κ1) is 15.2. The molecule has 21 heavy (non-hydrogen) atoms. The molecular formula is C15H12BrN2O3-. The Hall–Kier alpha value is -2.21. The molecule has 0 aliphatic rings. The zero-order chi connectivity index (χ0) is 15.6. The van der Waals surface area contributed by atoms with Crippen molar-refractivity contribution < 1.29 is 10.0 Å². The third-order valence-corrected chi connectivity index (χ3v) is 3.41. The fourth-order valence-corrected chi connectivity index (χ4v) is 2.38. The number of benzene rings is 2. The van der Waals surface area contributed by atoms with Crippen molar-refractivity contribution in [2.24, 2.45) is 4.99 Å². The van der Waals surface area contributed by atoms with E-state index in [2.05, 4.69) is 20.9 Å². The highest BCUT2D eigenvalue weighted by molar-refractivity contribution is 9.10. The largest absolute Gasteiger partial charge is 0.867 e. The van der Waals surface area contributed by atoms with Crippen LogP contribution in [0.25, 0.3) is 0 Å². The number of hydrogen-bond acceptors (Lipinski definition) is 4. The summed E-state index contributed by atoms with van der Waals surface area (Å²) in [6.07, 6.45) is 1.36. The summed E-state index contributed by atoms with van der Waals surface area (Å²) in [6.45, 7) is 3.90. The normalized spacial score (nSPS) is 11.0. The van der Waals surface area contributed by atoms with Crippen LogP contribution in [-0.4, -0.2) is 11.1 Å². The molecule has 0 radical (unpaired) electrons. The Labute approximate surface area is 130 Å². The van der Waals surface area contributed by atoms with Gasteiger partial charge in [0.05, 0.1) is 10.6 Å². The zero-order valence-corrected chi connectivity index (χ0v) is 13.0. The van der Waals surface area contributed by atoms with Gasteiger partial charge >= 0.3 is 0 Å². The molecule has 0 saturated heterocycles. The highest BCUT2D eigenvalue weighted by Gasteiger charge is 2.11. The summed E-state index contributed by atoms with van der Waals surface area (Å²) < 4.78 is 0.468. The van der Waals surface area contributed by atoms with E-state index in [0.29, 0.717) is 4.47 Å². The maximum atomic E-state index is 12.0. The quantitative estimate of drug-likeness (QED) is 0.481. The molecule has 0 saturated carbocycles. The van der Waals surface area contributed by atoms with Gasteiger partial charge in [0.2, 0.25) is 0 Å². The molecule has 5 nitrogen and oxygen atoms in total.